The van der Waals surface area contributed by atoms with E-state index in [1.807, 2.05) is 0 Å². The second-order valence-corrected chi connectivity index (χ2v) is 4.13. The Hall–Kier alpha value is -1.11. The molecule has 1 aromatic carbocycles. The van der Waals surface area contributed by atoms with E-state index in [9.17, 15) is 13.2 Å². The van der Waals surface area contributed by atoms with Crippen LogP contribution in [0.1, 0.15) is 11.1 Å². The molecule has 0 radical (unpaired) electrons. The zero-order valence-electron chi connectivity index (χ0n) is 8.04. The molecule has 0 aliphatic rings. The molecule has 0 spiro atoms. The summed E-state index contributed by atoms with van der Waals surface area (Å²) in [6.07, 6.45) is -4.33. The zero-order valence-corrected chi connectivity index (χ0v) is 8.86. The van der Waals surface area contributed by atoms with Crippen molar-refractivity contribution in [2.45, 2.75) is 12.8 Å². The number of benzene rings is 1. The fourth-order valence-electron chi connectivity index (χ4n) is 1.54. The molecule has 0 unspecified atom stereocenters. The van der Waals surface area contributed by atoms with Gasteiger partial charge in [-0.25, -0.2) is 5.90 Å². The minimum absolute atomic E-state index is 0.112. The monoisotopic (exact) mass is 247 g/mol. The lowest BCUT2D eigenvalue weighted by molar-refractivity contribution is -0.136. The van der Waals surface area contributed by atoms with E-state index < -0.39 is 11.7 Å². The van der Waals surface area contributed by atoms with Crippen molar-refractivity contribution in [1.82, 2.24) is 0 Å². The summed E-state index contributed by atoms with van der Waals surface area (Å²) in [5.41, 5.74) is 0.0619. The van der Waals surface area contributed by atoms with Crippen LogP contribution in [-0.2, 0) is 17.6 Å². The first kappa shape index (κ1) is 11.4. The largest absolute Gasteiger partial charge is 0.417 e. The van der Waals surface area contributed by atoms with Crippen molar-refractivity contribution < 1.29 is 18.0 Å². The molecular formula is C10H8F3NOS. The van der Waals surface area contributed by atoms with E-state index in [1.165, 1.54) is 6.07 Å². The third-order valence-electron chi connectivity index (χ3n) is 2.22. The van der Waals surface area contributed by atoms with E-state index in [-0.39, 0.29) is 11.3 Å². The van der Waals surface area contributed by atoms with Gasteiger partial charge in [0.1, 0.15) is 0 Å². The lowest BCUT2D eigenvalue weighted by Gasteiger charge is -2.07. The molecule has 0 aliphatic heterocycles. The molecule has 2 N–H and O–H groups in total. The Labute approximate surface area is 93.4 Å². The Kier molecular flexibility index (Phi) is 2.88. The first-order valence-electron chi connectivity index (χ1n) is 4.42. The summed E-state index contributed by atoms with van der Waals surface area (Å²) in [6.45, 7) is 0.112. The number of nitrogens with two attached hydrogens (primary N) is 1. The number of hydrogen-bond donors (Lipinski definition) is 1. The summed E-state index contributed by atoms with van der Waals surface area (Å²) in [6, 6.07) is 4.10. The van der Waals surface area contributed by atoms with Gasteiger partial charge in [0.05, 0.1) is 12.2 Å². The first-order valence-corrected chi connectivity index (χ1v) is 5.30. The highest BCUT2D eigenvalue weighted by molar-refractivity contribution is 7.17. The van der Waals surface area contributed by atoms with Gasteiger partial charge >= 0.3 is 6.18 Å². The van der Waals surface area contributed by atoms with E-state index in [0.717, 1.165) is 17.4 Å². The maximum Gasteiger partial charge on any atom is 0.417 e. The molecule has 0 atom stereocenters. The molecule has 0 amide bonds. The third kappa shape index (κ3) is 1.91. The molecule has 6 heteroatoms. The Balaban J connectivity index is 2.62. The summed E-state index contributed by atoms with van der Waals surface area (Å²) in [7, 11) is 0. The van der Waals surface area contributed by atoms with Gasteiger partial charge in [-0.3, -0.25) is 4.84 Å². The lowest BCUT2D eigenvalue weighted by Crippen LogP contribution is -2.04. The van der Waals surface area contributed by atoms with Crippen molar-refractivity contribution in [2.75, 3.05) is 0 Å². The van der Waals surface area contributed by atoms with Crippen LogP contribution in [0.4, 0.5) is 13.2 Å². The summed E-state index contributed by atoms with van der Waals surface area (Å²) >= 11 is 1.05. The molecule has 0 aliphatic carbocycles. The van der Waals surface area contributed by atoms with Crippen molar-refractivity contribution >= 4 is 21.4 Å². The second kappa shape index (κ2) is 4.04. The SMILES string of the molecule is NOCc1csc2c(C(F)(F)F)cccc12. The third-order valence-corrected chi connectivity index (χ3v) is 3.30. The lowest BCUT2D eigenvalue weighted by atomic mass is 10.1. The summed E-state index contributed by atoms with van der Waals surface area (Å²) in [5.74, 6) is 4.92. The maximum atomic E-state index is 12.7. The number of rotatable bonds is 2. The zero-order chi connectivity index (χ0) is 11.8. The number of halogens is 3. The van der Waals surface area contributed by atoms with Crippen molar-refractivity contribution in [3.63, 3.8) is 0 Å². The van der Waals surface area contributed by atoms with Crippen LogP contribution in [-0.4, -0.2) is 0 Å². The van der Waals surface area contributed by atoms with E-state index in [4.69, 9.17) is 5.90 Å². The van der Waals surface area contributed by atoms with Crippen LogP contribution < -0.4 is 5.90 Å². The Morgan fingerprint density at radius 2 is 2.06 bits per heavy atom. The molecular weight excluding hydrogens is 239 g/mol. The number of fused-ring (bicyclic) bond motifs is 1. The van der Waals surface area contributed by atoms with Gasteiger partial charge in [-0.05, 0) is 22.4 Å². The molecule has 16 heavy (non-hydrogen) atoms. The minimum atomic E-state index is -4.33. The Bertz CT molecular complexity index is 506. The molecule has 0 saturated heterocycles. The second-order valence-electron chi connectivity index (χ2n) is 3.25. The fraction of sp³-hybridized carbons (Fsp3) is 0.200. The van der Waals surface area contributed by atoms with Crippen molar-refractivity contribution in [3.8, 4) is 0 Å². The standard InChI is InChI=1S/C10H8F3NOS/c11-10(12,13)8-3-1-2-7-6(4-15-14)5-16-9(7)8/h1-3,5H,4,14H2. The normalized spacial score (nSPS) is 12.2. The van der Waals surface area contributed by atoms with Gasteiger partial charge in [0, 0.05) is 4.70 Å². The molecule has 2 aromatic rings. The number of alkyl halides is 3. The number of thiophene rings is 1. The first-order chi connectivity index (χ1) is 7.54. The summed E-state index contributed by atoms with van der Waals surface area (Å²) in [5, 5.41) is 2.18. The van der Waals surface area contributed by atoms with Crippen molar-refractivity contribution in [2.24, 2.45) is 5.90 Å². The molecule has 0 saturated carbocycles. The predicted molar refractivity (Wildman–Crippen MR) is 55.8 cm³/mol. The topological polar surface area (TPSA) is 35.2 Å². The van der Waals surface area contributed by atoms with Gasteiger partial charge in [0.2, 0.25) is 0 Å². The van der Waals surface area contributed by atoms with E-state index in [2.05, 4.69) is 4.84 Å². The van der Waals surface area contributed by atoms with Crippen molar-refractivity contribution in [1.29, 1.82) is 0 Å². The van der Waals surface area contributed by atoms with Gasteiger partial charge in [0.25, 0.3) is 0 Å². The van der Waals surface area contributed by atoms with E-state index in [0.29, 0.717) is 10.9 Å². The molecule has 2 rings (SSSR count). The van der Waals surface area contributed by atoms with Crippen LogP contribution in [0, 0.1) is 0 Å². The highest BCUT2D eigenvalue weighted by atomic mass is 32.1. The predicted octanol–water partition coefficient (Wildman–Crippen LogP) is 3.31. The molecule has 2 nitrogen and oxygen atoms in total. The summed E-state index contributed by atoms with van der Waals surface area (Å²) in [4.78, 5) is 4.45. The molecule has 1 heterocycles. The molecule has 1 aromatic heterocycles. The quantitative estimate of drug-likeness (QED) is 0.826. The van der Waals surface area contributed by atoms with Crippen LogP contribution in [0.5, 0.6) is 0 Å². The van der Waals surface area contributed by atoms with Gasteiger partial charge in [-0.15, -0.1) is 11.3 Å². The summed E-state index contributed by atoms with van der Waals surface area (Å²) < 4.78 is 38.2. The van der Waals surface area contributed by atoms with E-state index in [1.54, 1.807) is 11.4 Å². The van der Waals surface area contributed by atoms with Crippen LogP contribution in [0.15, 0.2) is 23.6 Å². The fourth-order valence-corrected chi connectivity index (χ4v) is 2.63. The van der Waals surface area contributed by atoms with Crippen LogP contribution in [0.2, 0.25) is 0 Å². The highest BCUT2D eigenvalue weighted by Crippen LogP contribution is 2.38. The number of hydrogen-bond acceptors (Lipinski definition) is 3. The van der Waals surface area contributed by atoms with Gasteiger partial charge in [-0.2, -0.15) is 13.2 Å². The van der Waals surface area contributed by atoms with Gasteiger partial charge in [0.15, 0.2) is 0 Å². The average Bonchev–Trinajstić information content (AvgIpc) is 2.61. The van der Waals surface area contributed by atoms with Crippen LogP contribution >= 0.6 is 11.3 Å². The average molecular weight is 247 g/mol. The van der Waals surface area contributed by atoms with Gasteiger partial charge < -0.3 is 0 Å². The maximum absolute atomic E-state index is 12.7. The minimum Gasteiger partial charge on any atom is -0.300 e. The van der Waals surface area contributed by atoms with Crippen LogP contribution in [0.25, 0.3) is 10.1 Å². The molecule has 0 bridgehead atoms. The smallest absolute Gasteiger partial charge is 0.300 e. The van der Waals surface area contributed by atoms with Crippen molar-refractivity contribution in [3.05, 3.63) is 34.7 Å². The van der Waals surface area contributed by atoms with E-state index >= 15 is 0 Å². The Morgan fingerprint density at radius 3 is 2.69 bits per heavy atom. The highest BCUT2D eigenvalue weighted by Gasteiger charge is 2.33. The molecule has 86 valence electrons. The van der Waals surface area contributed by atoms with Crippen LogP contribution in [0.3, 0.4) is 0 Å². The van der Waals surface area contributed by atoms with Gasteiger partial charge in [-0.1, -0.05) is 12.1 Å². The Morgan fingerprint density at radius 1 is 1.31 bits per heavy atom. The molecule has 0 fully saturated rings.